The number of thiophene rings is 1. The van der Waals surface area contributed by atoms with Gasteiger partial charge in [0.2, 0.25) is 5.76 Å². The fourth-order valence-electron chi connectivity index (χ4n) is 2.43. The zero-order valence-electron chi connectivity index (χ0n) is 14.1. The maximum atomic E-state index is 10.8. The molecule has 5 heteroatoms. The Morgan fingerprint density at radius 2 is 1.80 bits per heavy atom. The van der Waals surface area contributed by atoms with Crippen molar-refractivity contribution in [3.05, 3.63) is 82.3 Å². The van der Waals surface area contributed by atoms with Gasteiger partial charge in [-0.1, -0.05) is 30.4 Å². The van der Waals surface area contributed by atoms with E-state index in [-0.39, 0.29) is 5.76 Å². The van der Waals surface area contributed by atoms with Crippen molar-refractivity contribution >= 4 is 45.7 Å². The molecular weight excluding hydrogens is 348 g/mol. The summed E-state index contributed by atoms with van der Waals surface area (Å²) in [7, 11) is 0. The molecule has 3 rings (SSSR count). The summed E-state index contributed by atoms with van der Waals surface area (Å²) in [6.07, 6.45) is 3.74. The third-order valence-electron chi connectivity index (χ3n) is 3.93. The molecule has 0 unspecified atom stereocenters. The van der Waals surface area contributed by atoms with E-state index in [4.69, 9.17) is 12.2 Å². The summed E-state index contributed by atoms with van der Waals surface area (Å²) >= 11 is 7.09. The number of hydrogen-bond acceptors (Lipinski definition) is 3. The molecule has 2 aromatic heterocycles. The Kier molecular flexibility index (Phi) is 5.26. The van der Waals surface area contributed by atoms with E-state index in [2.05, 4.69) is 31.3 Å². The monoisotopic (exact) mass is 367 g/mol. The van der Waals surface area contributed by atoms with Crippen LogP contribution in [0.2, 0.25) is 0 Å². The fraction of sp³-hybridized carbons (Fsp3) is 0.100. The molecule has 0 spiro atoms. The van der Waals surface area contributed by atoms with Crippen molar-refractivity contribution in [2.75, 3.05) is 5.32 Å². The molecule has 2 N–H and O–H groups in total. The lowest BCUT2D eigenvalue weighted by Gasteiger charge is -2.10. The molecule has 0 aliphatic rings. The van der Waals surface area contributed by atoms with Gasteiger partial charge in [0.25, 0.3) is 5.70 Å². The molecule has 0 bridgehead atoms. The fourth-order valence-corrected chi connectivity index (χ4v) is 3.42. The summed E-state index contributed by atoms with van der Waals surface area (Å²) in [5.74, 6) is 0.160. The molecule has 0 atom stereocenters. The second-order valence-corrected chi connectivity index (χ2v) is 7.07. The summed E-state index contributed by atoms with van der Waals surface area (Å²) in [5, 5.41) is 16.0. The van der Waals surface area contributed by atoms with Gasteiger partial charge in [0, 0.05) is 17.8 Å². The zero-order valence-corrected chi connectivity index (χ0v) is 15.7. The molecule has 0 aliphatic heterocycles. The number of aliphatic hydroxyl groups excluding tert-OH is 1. The van der Waals surface area contributed by atoms with Crippen molar-refractivity contribution < 1.29 is 9.67 Å². The van der Waals surface area contributed by atoms with Crippen LogP contribution in [0.4, 0.5) is 5.69 Å². The van der Waals surface area contributed by atoms with E-state index >= 15 is 0 Å². The first kappa shape index (κ1) is 17.3. The van der Waals surface area contributed by atoms with E-state index < -0.39 is 0 Å². The number of aryl methyl sites for hydroxylation is 2. The maximum Gasteiger partial charge on any atom is 0.289 e. The third kappa shape index (κ3) is 3.95. The van der Waals surface area contributed by atoms with Crippen LogP contribution < -0.4 is 9.88 Å². The standard InChI is InChI=1S/C20H18N2OS2/c1-14-8-9-16(13-15(14)2)21-20(24)18(22-10-4-3-5-11-22)19(23)17-7-6-12-25-17/h3-13H,1-2H3,(H-,21,23,24)/p+1. The lowest BCUT2D eigenvalue weighted by atomic mass is 10.1. The quantitative estimate of drug-likeness (QED) is 0.296. The molecule has 3 aromatic rings. The van der Waals surface area contributed by atoms with Crippen LogP contribution in [-0.4, -0.2) is 10.1 Å². The molecule has 25 heavy (non-hydrogen) atoms. The Bertz CT molecular complexity index is 916. The van der Waals surface area contributed by atoms with E-state index in [0.717, 1.165) is 10.6 Å². The first-order valence-electron chi connectivity index (χ1n) is 7.88. The highest BCUT2D eigenvalue weighted by molar-refractivity contribution is 7.81. The predicted octanol–water partition coefficient (Wildman–Crippen LogP) is 4.98. The Morgan fingerprint density at radius 3 is 2.44 bits per heavy atom. The highest BCUT2D eigenvalue weighted by Gasteiger charge is 2.24. The van der Waals surface area contributed by atoms with Crippen LogP contribution in [0.5, 0.6) is 0 Å². The van der Waals surface area contributed by atoms with Crippen LogP contribution in [0.1, 0.15) is 16.0 Å². The molecule has 2 heterocycles. The van der Waals surface area contributed by atoms with Gasteiger partial charge in [0.15, 0.2) is 17.4 Å². The van der Waals surface area contributed by atoms with Crippen molar-refractivity contribution in [3.8, 4) is 0 Å². The minimum absolute atomic E-state index is 0.160. The van der Waals surface area contributed by atoms with E-state index in [1.165, 1.54) is 22.5 Å². The Hall–Kier alpha value is -2.50. The topological polar surface area (TPSA) is 36.1 Å². The molecule has 0 saturated carbocycles. The summed E-state index contributed by atoms with van der Waals surface area (Å²) in [4.78, 5) is 1.24. The summed E-state index contributed by atoms with van der Waals surface area (Å²) < 4.78 is 1.82. The lowest BCUT2D eigenvalue weighted by molar-refractivity contribution is -0.575. The van der Waals surface area contributed by atoms with Gasteiger partial charge in [-0.25, -0.2) is 0 Å². The Balaban J connectivity index is 2.01. The first-order valence-corrected chi connectivity index (χ1v) is 9.17. The number of rotatable bonds is 4. The van der Waals surface area contributed by atoms with Crippen LogP contribution >= 0.6 is 23.6 Å². The van der Waals surface area contributed by atoms with E-state index in [0.29, 0.717) is 10.7 Å². The van der Waals surface area contributed by atoms with Gasteiger partial charge in [0.05, 0.1) is 4.88 Å². The maximum absolute atomic E-state index is 10.8. The number of aliphatic hydroxyl groups is 1. The van der Waals surface area contributed by atoms with Crippen molar-refractivity contribution in [2.24, 2.45) is 0 Å². The highest BCUT2D eigenvalue weighted by atomic mass is 32.1. The van der Waals surface area contributed by atoms with Crippen LogP contribution in [0.3, 0.4) is 0 Å². The molecule has 3 nitrogen and oxygen atoms in total. The average molecular weight is 368 g/mol. The van der Waals surface area contributed by atoms with Gasteiger partial charge in [-0.05, 0) is 48.6 Å². The number of anilines is 1. The first-order chi connectivity index (χ1) is 12.1. The van der Waals surface area contributed by atoms with Crippen molar-refractivity contribution in [1.29, 1.82) is 0 Å². The van der Waals surface area contributed by atoms with Gasteiger partial charge >= 0.3 is 0 Å². The number of thiocarbonyl (C=S) groups is 1. The number of benzene rings is 1. The Labute approximate surface area is 156 Å². The third-order valence-corrected chi connectivity index (χ3v) is 5.10. The largest absolute Gasteiger partial charge is 0.501 e. The van der Waals surface area contributed by atoms with Gasteiger partial charge in [0.1, 0.15) is 0 Å². The minimum Gasteiger partial charge on any atom is -0.501 e. The van der Waals surface area contributed by atoms with Crippen LogP contribution in [0, 0.1) is 13.8 Å². The molecular formula is C20H19N2OS2+. The summed E-state index contributed by atoms with van der Waals surface area (Å²) in [6.45, 7) is 4.14. The van der Waals surface area contributed by atoms with Crippen LogP contribution in [0.25, 0.3) is 11.5 Å². The number of aromatic nitrogens is 1. The van der Waals surface area contributed by atoms with E-state index in [9.17, 15) is 5.11 Å². The normalized spacial score (nSPS) is 11.8. The molecule has 0 saturated heterocycles. The van der Waals surface area contributed by atoms with Crippen molar-refractivity contribution in [1.82, 2.24) is 0 Å². The van der Waals surface area contributed by atoms with Crippen LogP contribution in [0.15, 0.2) is 66.3 Å². The molecule has 0 radical (unpaired) electrons. The molecule has 0 aliphatic carbocycles. The lowest BCUT2D eigenvalue weighted by Crippen LogP contribution is -2.38. The number of hydrogen-bond donors (Lipinski definition) is 2. The van der Waals surface area contributed by atoms with E-state index in [1.807, 2.05) is 58.7 Å². The number of nitrogens with zero attached hydrogens (tertiary/aromatic N) is 1. The average Bonchev–Trinajstić information content (AvgIpc) is 3.14. The number of nitrogens with one attached hydrogen (secondary N) is 1. The van der Waals surface area contributed by atoms with Gasteiger partial charge in [-0.3, -0.25) is 0 Å². The Morgan fingerprint density at radius 1 is 1.04 bits per heavy atom. The predicted molar refractivity (Wildman–Crippen MR) is 109 cm³/mol. The highest BCUT2D eigenvalue weighted by Crippen LogP contribution is 2.23. The van der Waals surface area contributed by atoms with E-state index in [1.54, 1.807) is 0 Å². The smallest absolute Gasteiger partial charge is 0.289 e. The molecule has 126 valence electrons. The van der Waals surface area contributed by atoms with Gasteiger partial charge in [-0.15, -0.1) is 11.3 Å². The molecule has 0 amide bonds. The number of pyridine rings is 1. The van der Waals surface area contributed by atoms with Gasteiger partial charge in [-0.2, -0.15) is 4.57 Å². The van der Waals surface area contributed by atoms with Crippen molar-refractivity contribution in [2.45, 2.75) is 13.8 Å². The second kappa shape index (κ2) is 7.59. The second-order valence-electron chi connectivity index (χ2n) is 5.71. The molecule has 1 aromatic carbocycles. The SMILES string of the molecule is Cc1ccc(NC(=S)C(=C(O)c2cccs2)[n+]2ccccc2)cc1C. The summed E-state index contributed by atoms with van der Waals surface area (Å²) in [6, 6.07) is 15.6. The van der Waals surface area contributed by atoms with Crippen LogP contribution in [-0.2, 0) is 0 Å². The van der Waals surface area contributed by atoms with Crippen molar-refractivity contribution in [3.63, 3.8) is 0 Å². The minimum atomic E-state index is 0.160. The molecule has 0 fully saturated rings. The summed E-state index contributed by atoms with van der Waals surface area (Å²) in [5.41, 5.74) is 3.87. The van der Waals surface area contributed by atoms with Gasteiger partial charge < -0.3 is 10.4 Å². The zero-order chi connectivity index (χ0) is 17.8.